The van der Waals surface area contributed by atoms with E-state index in [0.717, 1.165) is 44.3 Å². The SMILES string of the molecule is O=C(CCN1CCCCC1=O)NC1CCc2cn[nH]c2C1. The van der Waals surface area contributed by atoms with E-state index >= 15 is 0 Å². The van der Waals surface area contributed by atoms with Crippen molar-refractivity contribution in [2.45, 2.75) is 51.0 Å². The first-order chi connectivity index (χ1) is 10.2. The van der Waals surface area contributed by atoms with Gasteiger partial charge in [0, 0.05) is 44.1 Å². The summed E-state index contributed by atoms with van der Waals surface area (Å²) in [6, 6.07) is 0.183. The minimum atomic E-state index is 0.0429. The van der Waals surface area contributed by atoms with E-state index in [-0.39, 0.29) is 17.9 Å². The van der Waals surface area contributed by atoms with Crippen LogP contribution in [0.1, 0.15) is 43.4 Å². The summed E-state index contributed by atoms with van der Waals surface area (Å²) in [5.41, 5.74) is 2.40. The summed E-state index contributed by atoms with van der Waals surface area (Å²) in [5, 5.41) is 10.1. The predicted molar refractivity (Wildman–Crippen MR) is 77.6 cm³/mol. The molecule has 1 aromatic heterocycles. The first-order valence-corrected chi connectivity index (χ1v) is 7.80. The second-order valence-corrected chi connectivity index (χ2v) is 5.97. The number of carbonyl (C=O) groups excluding carboxylic acids is 2. The Hall–Kier alpha value is -1.85. The maximum Gasteiger partial charge on any atom is 0.222 e. The van der Waals surface area contributed by atoms with Gasteiger partial charge in [-0.2, -0.15) is 5.10 Å². The van der Waals surface area contributed by atoms with Crippen molar-refractivity contribution >= 4 is 11.8 Å². The van der Waals surface area contributed by atoms with Crippen LogP contribution < -0.4 is 5.32 Å². The molecule has 1 aliphatic carbocycles. The number of aromatic amines is 1. The van der Waals surface area contributed by atoms with Crippen molar-refractivity contribution < 1.29 is 9.59 Å². The van der Waals surface area contributed by atoms with E-state index in [1.807, 2.05) is 11.1 Å². The fraction of sp³-hybridized carbons (Fsp3) is 0.667. The molecule has 1 fully saturated rings. The Bertz CT molecular complexity index is 525. The van der Waals surface area contributed by atoms with Gasteiger partial charge in [-0.25, -0.2) is 0 Å². The zero-order chi connectivity index (χ0) is 14.7. The first-order valence-electron chi connectivity index (χ1n) is 7.80. The van der Waals surface area contributed by atoms with Crippen molar-refractivity contribution in [2.75, 3.05) is 13.1 Å². The summed E-state index contributed by atoms with van der Waals surface area (Å²) in [6.07, 6.45) is 7.68. The molecule has 2 amide bonds. The van der Waals surface area contributed by atoms with Crippen LogP contribution in [0.2, 0.25) is 0 Å². The van der Waals surface area contributed by atoms with Gasteiger partial charge in [0.1, 0.15) is 0 Å². The predicted octanol–water partition coefficient (Wildman–Crippen LogP) is 0.786. The zero-order valence-corrected chi connectivity index (χ0v) is 12.2. The number of aromatic nitrogens is 2. The number of hydrogen-bond donors (Lipinski definition) is 2. The Kier molecular flexibility index (Phi) is 4.22. The van der Waals surface area contributed by atoms with Crippen molar-refractivity contribution in [2.24, 2.45) is 0 Å². The highest BCUT2D eigenvalue weighted by molar-refractivity contribution is 5.79. The summed E-state index contributed by atoms with van der Waals surface area (Å²) < 4.78 is 0. The second-order valence-electron chi connectivity index (χ2n) is 5.97. The molecule has 0 saturated carbocycles. The van der Waals surface area contributed by atoms with Crippen molar-refractivity contribution in [3.05, 3.63) is 17.5 Å². The summed E-state index contributed by atoms with van der Waals surface area (Å²) in [6.45, 7) is 1.35. The third kappa shape index (κ3) is 3.43. The maximum absolute atomic E-state index is 12.0. The number of H-pyrrole nitrogens is 1. The van der Waals surface area contributed by atoms with E-state index in [9.17, 15) is 9.59 Å². The topological polar surface area (TPSA) is 78.1 Å². The maximum atomic E-state index is 12.0. The molecular weight excluding hydrogens is 268 g/mol. The van der Waals surface area contributed by atoms with Crippen LogP contribution in [0.15, 0.2) is 6.20 Å². The molecule has 1 unspecified atom stereocenters. The van der Waals surface area contributed by atoms with Gasteiger partial charge in [-0.05, 0) is 31.2 Å². The van der Waals surface area contributed by atoms with E-state index in [4.69, 9.17) is 0 Å². The average Bonchev–Trinajstić information content (AvgIpc) is 2.94. The fourth-order valence-electron chi connectivity index (χ4n) is 3.17. The van der Waals surface area contributed by atoms with Crippen LogP contribution in [0.5, 0.6) is 0 Å². The Labute approximate surface area is 124 Å². The molecule has 6 nitrogen and oxygen atoms in total. The molecule has 114 valence electrons. The standard InChI is InChI=1S/C15H22N4O2/c20-14(6-8-19-7-2-1-3-15(19)21)17-12-5-4-11-10-16-18-13(11)9-12/h10,12H,1-9H2,(H,16,18)(H,17,20). The van der Waals surface area contributed by atoms with E-state index < -0.39 is 0 Å². The van der Waals surface area contributed by atoms with Gasteiger partial charge in [-0.3, -0.25) is 14.7 Å². The van der Waals surface area contributed by atoms with E-state index in [1.54, 1.807) is 0 Å². The summed E-state index contributed by atoms with van der Waals surface area (Å²) in [5.74, 6) is 0.232. The van der Waals surface area contributed by atoms with Gasteiger partial charge >= 0.3 is 0 Å². The average molecular weight is 290 g/mol. The minimum Gasteiger partial charge on any atom is -0.353 e. The molecule has 0 spiro atoms. The van der Waals surface area contributed by atoms with Crippen LogP contribution in [0, 0.1) is 0 Å². The fourth-order valence-corrected chi connectivity index (χ4v) is 3.17. The number of fused-ring (bicyclic) bond motifs is 1. The molecule has 0 aromatic carbocycles. The molecule has 6 heteroatoms. The number of nitrogens with one attached hydrogen (secondary N) is 2. The number of carbonyl (C=O) groups is 2. The highest BCUT2D eigenvalue weighted by Gasteiger charge is 2.22. The Balaban J connectivity index is 1.43. The van der Waals surface area contributed by atoms with Crippen molar-refractivity contribution in [1.82, 2.24) is 20.4 Å². The smallest absolute Gasteiger partial charge is 0.222 e. The van der Waals surface area contributed by atoms with Crippen molar-refractivity contribution in [1.29, 1.82) is 0 Å². The number of likely N-dealkylation sites (tertiary alicyclic amines) is 1. The van der Waals surface area contributed by atoms with Gasteiger partial charge in [0.25, 0.3) is 0 Å². The van der Waals surface area contributed by atoms with Crippen LogP contribution in [0.4, 0.5) is 0 Å². The lowest BCUT2D eigenvalue weighted by Crippen LogP contribution is -2.42. The Morgan fingerprint density at radius 3 is 3.19 bits per heavy atom. The van der Waals surface area contributed by atoms with Gasteiger partial charge in [0.05, 0.1) is 6.20 Å². The number of amides is 2. The lowest BCUT2D eigenvalue weighted by atomic mass is 9.93. The van der Waals surface area contributed by atoms with Gasteiger partial charge in [0.15, 0.2) is 0 Å². The van der Waals surface area contributed by atoms with Gasteiger partial charge in [-0.15, -0.1) is 0 Å². The van der Waals surface area contributed by atoms with E-state index in [0.29, 0.717) is 19.4 Å². The van der Waals surface area contributed by atoms with Crippen LogP contribution in [0.25, 0.3) is 0 Å². The van der Waals surface area contributed by atoms with E-state index in [1.165, 1.54) is 5.56 Å². The summed E-state index contributed by atoms with van der Waals surface area (Å²) in [4.78, 5) is 25.5. The normalized spacial score (nSPS) is 22.0. The van der Waals surface area contributed by atoms with Crippen LogP contribution >= 0.6 is 0 Å². The minimum absolute atomic E-state index is 0.0429. The van der Waals surface area contributed by atoms with Crippen molar-refractivity contribution in [3.63, 3.8) is 0 Å². The second kappa shape index (κ2) is 6.28. The lowest BCUT2D eigenvalue weighted by molar-refractivity contribution is -0.133. The molecular formula is C15H22N4O2. The number of aryl methyl sites for hydroxylation is 1. The van der Waals surface area contributed by atoms with Gasteiger partial charge in [-0.1, -0.05) is 0 Å². The summed E-state index contributed by atoms with van der Waals surface area (Å²) >= 11 is 0. The zero-order valence-electron chi connectivity index (χ0n) is 12.2. The monoisotopic (exact) mass is 290 g/mol. The quantitative estimate of drug-likeness (QED) is 0.860. The van der Waals surface area contributed by atoms with Crippen molar-refractivity contribution in [3.8, 4) is 0 Å². The van der Waals surface area contributed by atoms with E-state index in [2.05, 4.69) is 15.5 Å². The molecule has 2 N–H and O–H groups in total. The summed E-state index contributed by atoms with van der Waals surface area (Å²) in [7, 11) is 0. The highest BCUT2D eigenvalue weighted by Crippen LogP contribution is 2.19. The van der Waals surface area contributed by atoms with Gasteiger partial charge in [0.2, 0.25) is 11.8 Å². The Morgan fingerprint density at radius 2 is 2.33 bits per heavy atom. The van der Waals surface area contributed by atoms with Gasteiger partial charge < -0.3 is 10.2 Å². The first kappa shape index (κ1) is 14.1. The molecule has 21 heavy (non-hydrogen) atoms. The number of piperidine rings is 1. The largest absolute Gasteiger partial charge is 0.353 e. The molecule has 2 aliphatic rings. The number of nitrogens with zero attached hydrogens (tertiary/aromatic N) is 2. The van der Waals surface area contributed by atoms with Crippen LogP contribution in [0.3, 0.4) is 0 Å². The molecule has 3 rings (SSSR count). The molecule has 1 saturated heterocycles. The van der Waals surface area contributed by atoms with Crippen LogP contribution in [-0.4, -0.2) is 46.0 Å². The number of rotatable bonds is 4. The lowest BCUT2D eigenvalue weighted by Gasteiger charge is -2.27. The Morgan fingerprint density at radius 1 is 1.43 bits per heavy atom. The molecule has 1 aromatic rings. The third-order valence-electron chi connectivity index (χ3n) is 4.42. The molecule has 0 radical (unpaired) electrons. The molecule has 0 bridgehead atoms. The molecule has 1 atom stereocenters. The molecule has 2 heterocycles. The van der Waals surface area contributed by atoms with Crippen LogP contribution in [-0.2, 0) is 22.4 Å². The third-order valence-corrected chi connectivity index (χ3v) is 4.42. The highest BCUT2D eigenvalue weighted by atomic mass is 16.2. The molecule has 1 aliphatic heterocycles. The number of hydrogen-bond acceptors (Lipinski definition) is 3.